The molecule has 28 heavy (non-hydrogen) atoms. The van der Waals surface area contributed by atoms with Crippen LogP contribution in [0.4, 0.5) is 4.79 Å². The molecule has 0 spiro atoms. The molecule has 0 saturated heterocycles. The van der Waals surface area contributed by atoms with E-state index >= 15 is 0 Å². The minimum absolute atomic E-state index is 0.0218. The monoisotopic (exact) mass is 382 g/mol. The number of nitrogens with one attached hydrogen (secondary N) is 1. The summed E-state index contributed by atoms with van der Waals surface area (Å²) >= 11 is 0. The van der Waals surface area contributed by atoms with E-state index in [1.165, 1.54) is 6.42 Å². The Hall–Kier alpha value is -2.27. The third-order valence-electron chi connectivity index (χ3n) is 5.74. The van der Waals surface area contributed by atoms with Gasteiger partial charge in [0, 0.05) is 25.1 Å². The number of urea groups is 1. The molecule has 2 unspecified atom stereocenters. The average molecular weight is 383 g/mol. The fraction of sp³-hybridized carbons (Fsp3) is 0.522. The summed E-state index contributed by atoms with van der Waals surface area (Å²) in [6.07, 6.45) is 3.35. The maximum absolute atomic E-state index is 12.9. The zero-order chi connectivity index (χ0) is 19.5. The molecule has 2 fully saturated rings. The Balaban J connectivity index is 1.36. The lowest BCUT2D eigenvalue weighted by Gasteiger charge is -2.22. The van der Waals surface area contributed by atoms with Gasteiger partial charge < -0.3 is 19.4 Å². The van der Waals surface area contributed by atoms with E-state index in [4.69, 9.17) is 9.15 Å². The predicted octanol–water partition coefficient (Wildman–Crippen LogP) is 4.81. The Morgan fingerprint density at radius 2 is 1.96 bits per heavy atom. The first-order valence-electron chi connectivity index (χ1n) is 10.4. The van der Waals surface area contributed by atoms with Crippen LogP contribution in [0.1, 0.15) is 61.7 Å². The van der Waals surface area contributed by atoms with Crippen molar-refractivity contribution in [2.45, 2.75) is 64.8 Å². The summed E-state index contributed by atoms with van der Waals surface area (Å²) in [6, 6.07) is 12.5. The van der Waals surface area contributed by atoms with E-state index in [-0.39, 0.29) is 6.03 Å². The first-order chi connectivity index (χ1) is 13.7. The summed E-state index contributed by atoms with van der Waals surface area (Å²) in [7, 11) is 0. The van der Waals surface area contributed by atoms with Crippen molar-refractivity contribution in [1.82, 2.24) is 10.2 Å². The molecule has 2 atom stereocenters. The second-order valence-corrected chi connectivity index (χ2v) is 8.05. The predicted molar refractivity (Wildman–Crippen MR) is 108 cm³/mol. The van der Waals surface area contributed by atoms with Crippen LogP contribution in [-0.4, -0.2) is 23.6 Å². The van der Waals surface area contributed by atoms with E-state index in [1.807, 2.05) is 36.1 Å². The van der Waals surface area contributed by atoms with Gasteiger partial charge in [-0.1, -0.05) is 31.2 Å². The first kappa shape index (κ1) is 19.1. The van der Waals surface area contributed by atoms with E-state index in [1.54, 1.807) is 0 Å². The Morgan fingerprint density at radius 1 is 1.21 bits per heavy atom. The second kappa shape index (κ2) is 8.39. The molecule has 1 aromatic carbocycles. The Bertz CT molecular complexity index is 812. The first-order valence-corrected chi connectivity index (χ1v) is 10.4. The molecule has 2 saturated carbocycles. The quantitative estimate of drug-likeness (QED) is 0.677. The number of nitrogens with zero attached hydrogens (tertiary/aromatic N) is 1. The molecule has 1 heterocycles. The van der Waals surface area contributed by atoms with Gasteiger partial charge in [-0.2, -0.15) is 0 Å². The Labute approximate surface area is 167 Å². The molecule has 5 heteroatoms. The van der Waals surface area contributed by atoms with Crippen LogP contribution in [0.2, 0.25) is 0 Å². The van der Waals surface area contributed by atoms with Crippen molar-refractivity contribution in [3.8, 4) is 0 Å². The average Bonchev–Trinajstić information content (AvgIpc) is 3.63. The van der Waals surface area contributed by atoms with E-state index in [2.05, 4.69) is 24.4 Å². The summed E-state index contributed by atoms with van der Waals surface area (Å²) in [5.41, 5.74) is 2.22. The normalized spacial score (nSPS) is 20.8. The van der Waals surface area contributed by atoms with Crippen molar-refractivity contribution in [2.75, 3.05) is 6.61 Å². The van der Waals surface area contributed by atoms with Crippen LogP contribution >= 0.6 is 0 Å². The molecule has 0 radical (unpaired) electrons. The second-order valence-electron chi connectivity index (χ2n) is 8.05. The van der Waals surface area contributed by atoms with Crippen molar-refractivity contribution in [3.05, 3.63) is 59.0 Å². The lowest BCUT2D eigenvalue weighted by atomic mass is 10.1. The number of hydrogen-bond donors (Lipinski definition) is 1. The highest BCUT2D eigenvalue weighted by atomic mass is 16.5. The molecule has 1 aromatic heterocycles. The minimum Gasteiger partial charge on any atom is -0.464 e. The zero-order valence-electron chi connectivity index (χ0n) is 16.8. The van der Waals surface area contributed by atoms with Crippen molar-refractivity contribution in [3.63, 3.8) is 0 Å². The van der Waals surface area contributed by atoms with Gasteiger partial charge in [0.2, 0.25) is 0 Å². The van der Waals surface area contributed by atoms with E-state index < -0.39 is 0 Å². The molecular weight excluding hydrogens is 352 g/mol. The Morgan fingerprint density at radius 3 is 2.64 bits per heavy atom. The molecule has 2 aliphatic rings. The van der Waals surface area contributed by atoms with Crippen LogP contribution in [0.15, 0.2) is 40.8 Å². The molecule has 2 aliphatic carbocycles. The van der Waals surface area contributed by atoms with E-state index in [0.717, 1.165) is 41.4 Å². The highest BCUT2D eigenvalue weighted by Gasteiger charge is 2.37. The highest BCUT2D eigenvalue weighted by Crippen LogP contribution is 2.47. The van der Waals surface area contributed by atoms with Gasteiger partial charge in [0.1, 0.15) is 11.5 Å². The number of amides is 2. The number of ether oxygens (including phenoxy) is 1. The van der Waals surface area contributed by atoms with Crippen molar-refractivity contribution >= 4 is 6.03 Å². The molecule has 1 N–H and O–H groups in total. The molecule has 0 aliphatic heterocycles. The van der Waals surface area contributed by atoms with Gasteiger partial charge in [0.25, 0.3) is 0 Å². The van der Waals surface area contributed by atoms with Crippen LogP contribution in [0.25, 0.3) is 0 Å². The largest absolute Gasteiger partial charge is 0.464 e. The van der Waals surface area contributed by atoms with Gasteiger partial charge >= 0.3 is 6.03 Å². The lowest BCUT2D eigenvalue weighted by molar-refractivity contribution is 0.133. The van der Waals surface area contributed by atoms with Crippen LogP contribution in [0.5, 0.6) is 0 Å². The summed E-state index contributed by atoms with van der Waals surface area (Å²) in [5.74, 6) is 3.24. The van der Waals surface area contributed by atoms with Crippen LogP contribution in [0.3, 0.4) is 0 Å². The lowest BCUT2D eigenvalue weighted by Crippen LogP contribution is -2.40. The van der Waals surface area contributed by atoms with Gasteiger partial charge in [-0.15, -0.1) is 0 Å². The zero-order valence-corrected chi connectivity index (χ0v) is 16.8. The standard InChI is InChI=1S/C23H30N2O3/c1-3-27-15-18-7-5-4-6-17(18)13-24-23(26)25(19-8-9-19)14-20-10-11-22(28-20)21-12-16(21)2/h4-7,10-11,16,19,21H,3,8-9,12-15H2,1-2H3,(H,24,26). The number of furan rings is 1. The smallest absolute Gasteiger partial charge is 0.318 e. The van der Waals surface area contributed by atoms with Crippen molar-refractivity contribution in [2.24, 2.45) is 5.92 Å². The van der Waals surface area contributed by atoms with Crippen LogP contribution < -0.4 is 5.32 Å². The summed E-state index contributed by atoms with van der Waals surface area (Å²) in [5, 5.41) is 3.10. The third-order valence-corrected chi connectivity index (χ3v) is 5.74. The fourth-order valence-electron chi connectivity index (χ4n) is 3.67. The van der Waals surface area contributed by atoms with E-state index in [0.29, 0.717) is 38.3 Å². The van der Waals surface area contributed by atoms with Crippen LogP contribution in [0, 0.1) is 5.92 Å². The van der Waals surface area contributed by atoms with Crippen molar-refractivity contribution in [1.29, 1.82) is 0 Å². The van der Waals surface area contributed by atoms with Gasteiger partial charge in [0.05, 0.1) is 13.2 Å². The molecule has 2 aromatic rings. The maximum atomic E-state index is 12.9. The number of benzene rings is 1. The van der Waals surface area contributed by atoms with Gasteiger partial charge in [-0.3, -0.25) is 0 Å². The van der Waals surface area contributed by atoms with Crippen molar-refractivity contribution < 1.29 is 13.9 Å². The van der Waals surface area contributed by atoms with Gasteiger partial charge in [-0.05, 0) is 55.4 Å². The number of carbonyl (C=O) groups is 1. The summed E-state index contributed by atoms with van der Waals surface area (Å²) in [6.45, 7) is 6.54. The topological polar surface area (TPSA) is 54.7 Å². The molecule has 150 valence electrons. The van der Waals surface area contributed by atoms with Crippen LogP contribution in [-0.2, 0) is 24.4 Å². The number of rotatable bonds is 9. The number of carbonyl (C=O) groups excluding carboxylic acids is 1. The maximum Gasteiger partial charge on any atom is 0.318 e. The van der Waals surface area contributed by atoms with E-state index in [9.17, 15) is 4.79 Å². The van der Waals surface area contributed by atoms with Gasteiger partial charge in [0.15, 0.2) is 0 Å². The molecule has 4 rings (SSSR count). The fourth-order valence-corrected chi connectivity index (χ4v) is 3.67. The molecule has 0 bridgehead atoms. The summed E-state index contributed by atoms with van der Waals surface area (Å²) in [4.78, 5) is 14.8. The SMILES string of the molecule is CCOCc1ccccc1CNC(=O)N(Cc1ccc(C2CC2C)o1)C1CC1. The molecule has 5 nitrogen and oxygen atoms in total. The third kappa shape index (κ3) is 4.58. The highest BCUT2D eigenvalue weighted by molar-refractivity contribution is 5.75. The minimum atomic E-state index is -0.0218. The Kier molecular flexibility index (Phi) is 5.72. The molecular formula is C23H30N2O3. The molecule has 2 amide bonds. The summed E-state index contributed by atoms with van der Waals surface area (Å²) < 4.78 is 11.6. The van der Waals surface area contributed by atoms with Gasteiger partial charge in [-0.25, -0.2) is 4.79 Å². The number of hydrogen-bond acceptors (Lipinski definition) is 3.